The fraction of sp³-hybridized carbons (Fsp3) is 0.0870. The number of thiophene rings is 1. The molecule has 0 aliphatic carbocycles. The van der Waals surface area contributed by atoms with E-state index in [9.17, 15) is 18.0 Å². The van der Waals surface area contributed by atoms with Gasteiger partial charge in [0.05, 0.1) is 16.3 Å². The van der Waals surface area contributed by atoms with Gasteiger partial charge in [0.2, 0.25) is 5.91 Å². The molecule has 0 atom stereocenters. The molecule has 174 valence electrons. The number of hydrogen-bond acceptors (Lipinski definition) is 7. The fourth-order valence-electron chi connectivity index (χ4n) is 3.08. The Balaban J connectivity index is 1.28. The lowest BCUT2D eigenvalue weighted by Gasteiger charge is -2.09. The van der Waals surface area contributed by atoms with Crippen molar-refractivity contribution in [3.8, 4) is 0 Å². The smallest absolute Gasteiger partial charge is 0.271 e. The van der Waals surface area contributed by atoms with Crippen molar-refractivity contribution in [3.05, 3.63) is 83.2 Å². The van der Waals surface area contributed by atoms with Crippen molar-refractivity contribution in [1.82, 2.24) is 15.8 Å². The standard InChI is InChI=1S/C23H20N4O4S3/c1-15-13-21(24-19-6-3-2-5-18(15)19)33-14-20(28)25-26-23(29)16-8-10-17(11-9-16)27-34(30,31)22-7-4-12-32-22/h2-13,27H,14H2,1H3,(H,25,28)(H,26,29). The molecule has 0 fully saturated rings. The monoisotopic (exact) mass is 512 g/mol. The van der Waals surface area contributed by atoms with E-state index in [1.807, 2.05) is 37.3 Å². The van der Waals surface area contributed by atoms with Crippen molar-refractivity contribution in [2.75, 3.05) is 10.5 Å². The van der Waals surface area contributed by atoms with Gasteiger partial charge in [0, 0.05) is 16.6 Å². The van der Waals surface area contributed by atoms with Crippen LogP contribution in [0.15, 0.2) is 81.3 Å². The van der Waals surface area contributed by atoms with Crippen molar-refractivity contribution < 1.29 is 18.0 Å². The quantitative estimate of drug-likeness (QED) is 0.255. The largest absolute Gasteiger partial charge is 0.279 e. The minimum Gasteiger partial charge on any atom is -0.279 e. The Morgan fingerprint density at radius 3 is 2.50 bits per heavy atom. The second-order valence-corrected chi connectivity index (χ2v) is 11.1. The molecule has 2 aromatic carbocycles. The molecule has 0 radical (unpaired) electrons. The lowest BCUT2D eigenvalue weighted by atomic mass is 10.1. The SMILES string of the molecule is Cc1cc(SCC(=O)NNC(=O)c2ccc(NS(=O)(=O)c3cccs3)cc2)nc2ccccc12. The van der Waals surface area contributed by atoms with E-state index in [0.29, 0.717) is 5.69 Å². The summed E-state index contributed by atoms with van der Waals surface area (Å²) in [7, 11) is -3.67. The van der Waals surface area contributed by atoms with Gasteiger partial charge in [-0.25, -0.2) is 13.4 Å². The molecule has 0 unspecified atom stereocenters. The summed E-state index contributed by atoms with van der Waals surface area (Å²) < 4.78 is 27.2. The van der Waals surface area contributed by atoms with E-state index in [0.717, 1.165) is 32.8 Å². The molecule has 11 heteroatoms. The van der Waals surface area contributed by atoms with E-state index < -0.39 is 15.9 Å². The lowest BCUT2D eigenvalue weighted by Crippen LogP contribution is -2.42. The Labute approximate surface area is 204 Å². The maximum absolute atomic E-state index is 12.3. The number of thioether (sulfide) groups is 1. The van der Waals surface area contributed by atoms with Gasteiger partial charge in [0.1, 0.15) is 4.21 Å². The molecule has 0 saturated heterocycles. The number of para-hydroxylation sites is 1. The van der Waals surface area contributed by atoms with Crippen molar-refractivity contribution >= 4 is 61.5 Å². The first-order chi connectivity index (χ1) is 16.3. The highest BCUT2D eigenvalue weighted by atomic mass is 32.2. The molecular weight excluding hydrogens is 492 g/mol. The van der Waals surface area contributed by atoms with Gasteiger partial charge in [-0.15, -0.1) is 11.3 Å². The number of benzene rings is 2. The van der Waals surface area contributed by atoms with Gasteiger partial charge in [-0.3, -0.25) is 25.2 Å². The minimum absolute atomic E-state index is 0.0779. The normalized spacial score (nSPS) is 11.2. The maximum Gasteiger partial charge on any atom is 0.271 e. The van der Waals surface area contributed by atoms with Crippen LogP contribution in [0.2, 0.25) is 0 Å². The molecule has 0 aliphatic rings. The number of pyridine rings is 1. The van der Waals surface area contributed by atoms with Crippen LogP contribution >= 0.6 is 23.1 Å². The summed E-state index contributed by atoms with van der Waals surface area (Å²) >= 11 is 2.38. The number of sulfonamides is 1. The molecule has 0 saturated carbocycles. The minimum atomic E-state index is -3.67. The Morgan fingerprint density at radius 1 is 1.00 bits per heavy atom. The van der Waals surface area contributed by atoms with Crippen molar-refractivity contribution in [3.63, 3.8) is 0 Å². The highest BCUT2D eigenvalue weighted by molar-refractivity contribution is 7.99. The van der Waals surface area contributed by atoms with Gasteiger partial charge in [-0.1, -0.05) is 36.0 Å². The van der Waals surface area contributed by atoms with Crippen LogP contribution in [0.5, 0.6) is 0 Å². The van der Waals surface area contributed by atoms with E-state index >= 15 is 0 Å². The Bertz CT molecular complexity index is 1440. The van der Waals surface area contributed by atoms with Gasteiger partial charge in [-0.2, -0.15) is 0 Å². The third-order valence-corrected chi connectivity index (χ3v) is 8.42. The molecule has 0 aliphatic heterocycles. The maximum atomic E-state index is 12.3. The summed E-state index contributed by atoms with van der Waals surface area (Å²) in [6.45, 7) is 1.99. The van der Waals surface area contributed by atoms with E-state index in [2.05, 4.69) is 20.6 Å². The predicted octanol–water partition coefficient (Wildman–Crippen LogP) is 3.96. The highest BCUT2D eigenvalue weighted by Crippen LogP contribution is 2.23. The molecule has 0 bridgehead atoms. The summed E-state index contributed by atoms with van der Waals surface area (Å²) in [6.07, 6.45) is 0. The van der Waals surface area contributed by atoms with E-state index in [1.165, 1.54) is 42.1 Å². The highest BCUT2D eigenvalue weighted by Gasteiger charge is 2.15. The topological polar surface area (TPSA) is 117 Å². The number of carbonyl (C=O) groups is 2. The number of aromatic nitrogens is 1. The van der Waals surface area contributed by atoms with E-state index in [-0.39, 0.29) is 21.4 Å². The van der Waals surface area contributed by atoms with Gasteiger partial charge in [0.25, 0.3) is 15.9 Å². The van der Waals surface area contributed by atoms with Gasteiger partial charge in [-0.05, 0) is 60.3 Å². The molecule has 0 spiro atoms. The van der Waals surface area contributed by atoms with Crippen LogP contribution < -0.4 is 15.6 Å². The zero-order valence-electron chi connectivity index (χ0n) is 17.9. The summed E-state index contributed by atoms with van der Waals surface area (Å²) in [5.74, 6) is -0.828. The number of hydrazine groups is 1. The second-order valence-electron chi connectivity index (χ2n) is 7.20. The second kappa shape index (κ2) is 10.2. The molecule has 4 rings (SSSR count). The molecule has 3 N–H and O–H groups in total. The third kappa shape index (κ3) is 5.74. The molecule has 2 heterocycles. The average Bonchev–Trinajstić information content (AvgIpc) is 3.38. The number of nitrogens with zero attached hydrogens (tertiary/aromatic N) is 1. The molecular formula is C23H20N4O4S3. The average molecular weight is 513 g/mol. The number of rotatable bonds is 7. The number of nitrogens with one attached hydrogen (secondary N) is 3. The Morgan fingerprint density at radius 2 is 1.76 bits per heavy atom. The van der Waals surface area contributed by atoms with Crippen LogP contribution in [0.3, 0.4) is 0 Å². The van der Waals surface area contributed by atoms with Crippen LogP contribution in [-0.4, -0.2) is 31.0 Å². The van der Waals surface area contributed by atoms with Gasteiger partial charge < -0.3 is 0 Å². The van der Waals surface area contributed by atoms with Crippen LogP contribution in [0.1, 0.15) is 15.9 Å². The van der Waals surface area contributed by atoms with E-state index in [1.54, 1.807) is 11.4 Å². The number of amides is 2. The molecule has 8 nitrogen and oxygen atoms in total. The number of aryl methyl sites for hydroxylation is 1. The molecule has 4 aromatic rings. The fourth-order valence-corrected chi connectivity index (χ4v) is 5.90. The van der Waals surface area contributed by atoms with Crippen molar-refractivity contribution in [2.24, 2.45) is 0 Å². The summed E-state index contributed by atoms with van der Waals surface area (Å²) in [6, 6.07) is 18.8. The first kappa shape index (κ1) is 23.7. The van der Waals surface area contributed by atoms with Gasteiger partial charge in [0.15, 0.2) is 0 Å². The number of anilines is 1. The Hall–Kier alpha value is -3.41. The summed E-state index contributed by atoms with van der Waals surface area (Å²) in [5.41, 5.74) is 7.25. The van der Waals surface area contributed by atoms with Crippen molar-refractivity contribution in [1.29, 1.82) is 0 Å². The number of carbonyl (C=O) groups excluding carboxylic acids is 2. The third-order valence-electron chi connectivity index (χ3n) is 4.73. The van der Waals surface area contributed by atoms with Crippen LogP contribution in [0, 0.1) is 6.92 Å². The number of hydrogen-bond donors (Lipinski definition) is 3. The number of fused-ring (bicyclic) bond motifs is 1. The first-order valence-corrected chi connectivity index (χ1v) is 13.4. The molecule has 34 heavy (non-hydrogen) atoms. The zero-order chi connectivity index (χ0) is 24.1. The zero-order valence-corrected chi connectivity index (χ0v) is 20.4. The lowest BCUT2D eigenvalue weighted by molar-refractivity contribution is -0.119. The first-order valence-electron chi connectivity index (χ1n) is 10.1. The Kier molecular flexibility index (Phi) is 7.15. The van der Waals surface area contributed by atoms with Crippen LogP contribution in [0.25, 0.3) is 10.9 Å². The summed E-state index contributed by atoms with van der Waals surface area (Å²) in [5, 5.41) is 3.46. The van der Waals surface area contributed by atoms with Gasteiger partial charge >= 0.3 is 0 Å². The van der Waals surface area contributed by atoms with E-state index in [4.69, 9.17) is 0 Å². The molecule has 2 amide bonds. The molecule has 2 aromatic heterocycles. The van der Waals surface area contributed by atoms with Crippen molar-refractivity contribution in [2.45, 2.75) is 16.2 Å². The van der Waals surface area contributed by atoms with Crippen LogP contribution in [-0.2, 0) is 14.8 Å². The predicted molar refractivity (Wildman–Crippen MR) is 134 cm³/mol. The summed E-state index contributed by atoms with van der Waals surface area (Å²) in [4.78, 5) is 29.0. The van der Waals surface area contributed by atoms with Crippen LogP contribution in [0.4, 0.5) is 5.69 Å².